The van der Waals surface area contributed by atoms with Crippen LogP contribution >= 0.6 is 35.0 Å². The van der Waals surface area contributed by atoms with E-state index >= 15 is 0 Å². The number of anilines is 2. The number of sulfonamides is 1. The van der Waals surface area contributed by atoms with Gasteiger partial charge in [-0.15, -0.1) is 11.8 Å². The van der Waals surface area contributed by atoms with Gasteiger partial charge in [0.25, 0.3) is 10.0 Å². The summed E-state index contributed by atoms with van der Waals surface area (Å²) in [4.78, 5) is 0.923. The Kier molecular flexibility index (Phi) is 4.93. The first-order valence-electron chi connectivity index (χ1n) is 5.75. The van der Waals surface area contributed by atoms with Crippen molar-refractivity contribution in [3.63, 3.8) is 0 Å². The van der Waals surface area contributed by atoms with Gasteiger partial charge in [0, 0.05) is 10.6 Å². The predicted molar refractivity (Wildman–Crippen MR) is 89.9 cm³/mol. The van der Waals surface area contributed by atoms with Crippen LogP contribution in [-0.2, 0) is 10.0 Å². The van der Waals surface area contributed by atoms with E-state index in [4.69, 9.17) is 28.9 Å². The van der Waals surface area contributed by atoms with E-state index in [-0.39, 0.29) is 20.6 Å². The van der Waals surface area contributed by atoms with Gasteiger partial charge in [0.05, 0.1) is 15.7 Å². The molecule has 0 atom stereocenters. The lowest BCUT2D eigenvalue weighted by atomic mass is 10.3. The van der Waals surface area contributed by atoms with Gasteiger partial charge in [-0.2, -0.15) is 0 Å². The van der Waals surface area contributed by atoms with Crippen molar-refractivity contribution in [1.29, 1.82) is 0 Å². The van der Waals surface area contributed by atoms with E-state index in [9.17, 15) is 8.42 Å². The average Bonchev–Trinajstić information content (AvgIpc) is 2.45. The largest absolute Gasteiger partial charge is 0.396 e. The normalized spacial score (nSPS) is 11.4. The highest BCUT2D eigenvalue weighted by molar-refractivity contribution is 7.98. The summed E-state index contributed by atoms with van der Waals surface area (Å²) in [5, 5.41) is 0.124. The maximum absolute atomic E-state index is 12.3. The van der Waals surface area contributed by atoms with Crippen LogP contribution < -0.4 is 10.5 Å². The molecule has 0 heterocycles. The van der Waals surface area contributed by atoms with Gasteiger partial charge in [-0.3, -0.25) is 4.72 Å². The van der Waals surface area contributed by atoms with Crippen LogP contribution in [-0.4, -0.2) is 14.7 Å². The third kappa shape index (κ3) is 3.58. The zero-order chi connectivity index (χ0) is 15.6. The van der Waals surface area contributed by atoms with Gasteiger partial charge in [0.15, 0.2) is 0 Å². The van der Waals surface area contributed by atoms with E-state index in [2.05, 4.69) is 4.72 Å². The van der Waals surface area contributed by atoms with E-state index in [0.717, 1.165) is 4.90 Å². The molecule has 112 valence electrons. The molecule has 0 saturated heterocycles. The second-order valence-corrected chi connectivity index (χ2v) is 7.42. The number of halogens is 2. The molecule has 0 spiro atoms. The van der Waals surface area contributed by atoms with Gasteiger partial charge in [-0.1, -0.05) is 23.2 Å². The van der Waals surface area contributed by atoms with Crippen molar-refractivity contribution in [1.82, 2.24) is 0 Å². The number of nitrogens with one attached hydrogen (secondary N) is 1. The first kappa shape index (κ1) is 16.3. The summed E-state index contributed by atoms with van der Waals surface area (Å²) in [5.41, 5.74) is 6.13. The van der Waals surface area contributed by atoms with Crippen molar-refractivity contribution >= 4 is 56.4 Å². The molecule has 0 radical (unpaired) electrons. The molecule has 0 saturated carbocycles. The number of nitrogens with two attached hydrogens (primary N) is 1. The zero-order valence-electron chi connectivity index (χ0n) is 10.9. The predicted octanol–water partition coefficient (Wildman–Crippen LogP) is 4.10. The molecule has 4 nitrogen and oxygen atoms in total. The maximum Gasteiger partial charge on any atom is 0.263 e. The molecule has 0 amide bonds. The van der Waals surface area contributed by atoms with Crippen LogP contribution in [0, 0.1) is 0 Å². The first-order valence-corrected chi connectivity index (χ1v) is 9.22. The summed E-state index contributed by atoms with van der Waals surface area (Å²) < 4.78 is 27.1. The van der Waals surface area contributed by atoms with Crippen molar-refractivity contribution in [3.05, 3.63) is 46.4 Å². The van der Waals surface area contributed by atoms with Crippen LogP contribution in [0.2, 0.25) is 10.0 Å². The minimum atomic E-state index is -3.83. The van der Waals surface area contributed by atoms with Crippen molar-refractivity contribution in [2.45, 2.75) is 9.79 Å². The summed E-state index contributed by atoms with van der Waals surface area (Å²) >= 11 is 13.3. The molecule has 0 fully saturated rings. The molecule has 2 aromatic rings. The molecule has 0 aliphatic rings. The molecule has 0 aliphatic heterocycles. The molecule has 8 heteroatoms. The van der Waals surface area contributed by atoms with Gasteiger partial charge < -0.3 is 5.73 Å². The van der Waals surface area contributed by atoms with Crippen LogP contribution in [0.4, 0.5) is 11.4 Å². The smallest absolute Gasteiger partial charge is 0.263 e. The van der Waals surface area contributed by atoms with Gasteiger partial charge in [-0.05, 0) is 42.7 Å². The maximum atomic E-state index is 12.3. The number of benzene rings is 2. The summed E-state index contributed by atoms with van der Waals surface area (Å²) in [6.45, 7) is 0. The highest BCUT2D eigenvalue weighted by atomic mass is 35.5. The lowest BCUT2D eigenvalue weighted by molar-refractivity contribution is 0.601. The summed E-state index contributed by atoms with van der Waals surface area (Å²) in [6.07, 6.45) is 1.94. The molecule has 21 heavy (non-hydrogen) atoms. The molecular formula is C13H12Cl2N2O2S2. The highest BCUT2D eigenvalue weighted by Gasteiger charge is 2.20. The minimum Gasteiger partial charge on any atom is -0.396 e. The Morgan fingerprint density at radius 2 is 1.71 bits per heavy atom. The Morgan fingerprint density at radius 1 is 1.10 bits per heavy atom. The van der Waals surface area contributed by atoms with Crippen LogP contribution in [0.3, 0.4) is 0 Å². The lowest BCUT2D eigenvalue weighted by Crippen LogP contribution is -2.14. The van der Waals surface area contributed by atoms with Crippen molar-refractivity contribution in [3.8, 4) is 0 Å². The Balaban J connectivity index is 2.36. The van der Waals surface area contributed by atoms with Crippen LogP contribution in [0.25, 0.3) is 0 Å². The fraction of sp³-hybridized carbons (Fsp3) is 0.0769. The van der Waals surface area contributed by atoms with Crippen molar-refractivity contribution < 1.29 is 8.42 Å². The Labute approximate surface area is 137 Å². The van der Waals surface area contributed by atoms with E-state index < -0.39 is 10.0 Å². The van der Waals surface area contributed by atoms with E-state index in [1.165, 1.54) is 12.1 Å². The molecule has 2 rings (SSSR count). The molecule has 3 N–H and O–H groups in total. The van der Waals surface area contributed by atoms with E-state index in [1.54, 1.807) is 23.9 Å². The second kappa shape index (κ2) is 6.36. The quantitative estimate of drug-likeness (QED) is 0.634. The number of thioether (sulfide) groups is 1. The Bertz CT molecular complexity index is 762. The van der Waals surface area contributed by atoms with Crippen LogP contribution in [0.15, 0.2) is 46.2 Å². The average molecular weight is 363 g/mol. The molecular weight excluding hydrogens is 351 g/mol. The fourth-order valence-electron chi connectivity index (χ4n) is 1.63. The summed E-state index contributed by atoms with van der Waals surface area (Å²) in [7, 11) is -3.83. The third-order valence-corrected chi connectivity index (χ3v) is 5.74. The molecule has 0 unspecified atom stereocenters. The topological polar surface area (TPSA) is 72.2 Å². The van der Waals surface area contributed by atoms with Crippen molar-refractivity contribution in [2.75, 3.05) is 16.7 Å². The highest BCUT2D eigenvalue weighted by Crippen LogP contribution is 2.34. The number of rotatable bonds is 4. The summed E-state index contributed by atoms with van der Waals surface area (Å²) in [6, 6.07) is 9.71. The molecule has 0 bridgehead atoms. The number of nitrogen functional groups attached to an aromatic ring is 1. The zero-order valence-corrected chi connectivity index (χ0v) is 14.1. The summed E-state index contributed by atoms with van der Waals surface area (Å²) in [5.74, 6) is 0. The Hall–Kier alpha value is -1.08. The minimum absolute atomic E-state index is 0.0407. The Morgan fingerprint density at radius 3 is 2.29 bits per heavy atom. The fourth-order valence-corrected chi connectivity index (χ4v) is 3.86. The third-order valence-electron chi connectivity index (χ3n) is 2.72. The first-order chi connectivity index (χ1) is 9.85. The monoisotopic (exact) mass is 362 g/mol. The number of hydrogen-bond donors (Lipinski definition) is 2. The van der Waals surface area contributed by atoms with Crippen molar-refractivity contribution in [2.24, 2.45) is 0 Å². The van der Waals surface area contributed by atoms with Gasteiger partial charge in [0.1, 0.15) is 4.90 Å². The molecule has 0 aromatic heterocycles. The standard InChI is InChI=1S/C13H12Cl2N2O2S2/c1-20-9-4-2-8(3-5-9)17-21(18,19)11-7-6-10(14)13(16)12(11)15/h2-7,17H,16H2,1H3. The SMILES string of the molecule is CSc1ccc(NS(=O)(=O)c2ccc(Cl)c(N)c2Cl)cc1. The van der Waals surface area contributed by atoms with Crippen LogP contribution in [0.1, 0.15) is 0 Å². The molecule has 2 aromatic carbocycles. The van der Waals surface area contributed by atoms with Gasteiger partial charge >= 0.3 is 0 Å². The van der Waals surface area contributed by atoms with Gasteiger partial charge in [-0.25, -0.2) is 8.42 Å². The second-order valence-electron chi connectivity index (χ2n) is 4.11. The molecule has 0 aliphatic carbocycles. The van der Waals surface area contributed by atoms with E-state index in [0.29, 0.717) is 5.69 Å². The van der Waals surface area contributed by atoms with E-state index in [1.807, 2.05) is 18.4 Å². The lowest BCUT2D eigenvalue weighted by Gasteiger charge is -2.11. The number of hydrogen-bond acceptors (Lipinski definition) is 4. The van der Waals surface area contributed by atoms with Gasteiger partial charge in [0.2, 0.25) is 0 Å². The van der Waals surface area contributed by atoms with Crippen LogP contribution in [0.5, 0.6) is 0 Å².